The molecule has 15 nitrogen and oxygen atoms in total. The first-order valence-electron chi connectivity index (χ1n) is 19.2. The van der Waals surface area contributed by atoms with Crippen LogP contribution in [0.4, 0.5) is 0 Å². The number of carbonyl (C=O) groups is 7. The number of aromatic hydroxyl groups is 1. The Hall–Kier alpha value is -8.41. The lowest BCUT2D eigenvalue weighted by Crippen LogP contribution is -2.12. The molecule has 7 aromatic carbocycles. The maximum Gasteiger partial charge on any atom is 0.336 e. The predicted octanol–water partition coefficient (Wildman–Crippen LogP) is 10.5. The van der Waals surface area contributed by atoms with Crippen LogP contribution in [0.15, 0.2) is 159 Å². The van der Waals surface area contributed by atoms with Crippen molar-refractivity contribution in [2.45, 2.75) is 32.4 Å². The van der Waals surface area contributed by atoms with Crippen LogP contribution in [0.1, 0.15) is 90.9 Å². The van der Waals surface area contributed by atoms with Gasteiger partial charge in [0.1, 0.15) is 17.2 Å². The zero-order chi connectivity index (χ0) is 47.8. The minimum atomic E-state index is -1.32. The number of carbonyl (C=O) groups excluding carboxylic acids is 1. The molecule has 0 aliphatic rings. The van der Waals surface area contributed by atoms with Gasteiger partial charge in [-0.3, -0.25) is 4.79 Å². The Morgan fingerprint density at radius 3 is 1.27 bits per heavy atom. The Labute approximate surface area is 382 Å². The van der Waals surface area contributed by atoms with Crippen molar-refractivity contribution < 1.29 is 74.0 Å². The highest BCUT2D eigenvalue weighted by Crippen LogP contribution is 2.35. The highest BCUT2D eigenvalue weighted by molar-refractivity contribution is 7.99. The van der Waals surface area contributed by atoms with E-state index in [0.717, 1.165) is 21.2 Å². The standard InChI is InChI=1S/C28H18O9S2.C21H16O6/c29-25(30)21-11-9-19(13-23(21)27(33)34)38-17-5-1-15(2-6-17)37-16-3-7-18(8-4-16)39-20-10-12-22(26(31)32)24(14-20)28(35)36;1-11(13-8-14(20(24)25)10-15(9-13)21(26)27)18(22)17-7-6-12-4-2-3-5-16(12)19(17)23/h1-14H,(H,29,30)(H,31,32)(H,33,34)(H,35,36);2-11,23H,1H3,(H,24,25)(H,26,27). The number of ether oxygens (including phenoxy) is 1. The van der Waals surface area contributed by atoms with Crippen molar-refractivity contribution in [2.75, 3.05) is 0 Å². The zero-order valence-corrected chi connectivity index (χ0v) is 35.7. The minimum absolute atomic E-state index is 0.0961. The summed E-state index contributed by atoms with van der Waals surface area (Å²) in [5, 5.41) is 67.1. The predicted molar refractivity (Wildman–Crippen MR) is 241 cm³/mol. The lowest BCUT2D eigenvalue weighted by molar-refractivity contribution is 0.0651. The summed E-state index contributed by atoms with van der Waals surface area (Å²) in [6, 6.07) is 36.3. The van der Waals surface area contributed by atoms with Gasteiger partial charge in [0.05, 0.1) is 38.9 Å². The van der Waals surface area contributed by atoms with Crippen molar-refractivity contribution in [3.63, 3.8) is 0 Å². The molecule has 0 saturated carbocycles. The molecule has 0 fully saturated rings. The molecule has 0 saturated heterocycles. The Morgan fingerprint density at radius 1 is 0.439 bits per heavy atom. The lowest BCUT2D eigenvalue weighted by atomic mass is 9.89. The second kappa shape index (κ2) is 20.4. The molecule has 0 bridgehead atoms. The van der Waals surface area contributed by atoms with Crippen molar-refractivity contribution >= 4 is 75.9 Å². The first-order valence-corrected chi connectivity index (χ1v) is 20.8. The van der Waals surface area contributed by atoms with Gasteiger partial charge in [-0.05, 0) is 120 Å². The highest BCUT2D eigenvalue weighted by Gasteiger charge is 2.24. The molecule has 0 amide bonds. The zero-order valence-electron chi connectivity index (χ0n) is 34.1. The van der Waals surface area contributed by atoms with Gasteiger partial charge in [0.25, 0.3) is 0 Å². The van der Waals surface area contributed by atoms with E-state index >= 15 is 0 Å². The number of hydrogen-bond acceptors (Lipinski definition) is 11. The average molecular weight is 927 g/mol. The van der Waals surface area contributed by atoms with E-state index in [1.54, 1.807) is 85.8 Å². The smallest absolute Gasteiger partial charge is 0.336 e. The maximum atomic E-state index is 12.9. The van der Waals surface area contributed by atoms with Crippen molar-refractivity contribution in [3.8, 4) is 17.2 Å². The number of phenolic OH excluding ortho intramolecular Hbond substituents is 1. The Morgan fingerprint density at radius 2 is 0.848 bits per heavy atom. The van der Waals surface area contributed by atoms with Gasteiger partial charge in [0.15, 0.2) is 5.78 Å². The molecule has 0 spiro atoms. The van der Waals surface area contributed by atoms with Crippen LogP contribution < -0.4 is 4.74 Å². The fraction of sp³-hybridized carbons (Fsp3) is 0.0408. The van der Waals surface area contributed by atoms with Crippen LogP contribution in [0.25, 0.3) is 10.8 Å². The average Bonchev–Trinajstić information content (AvgIpc) is 3.29. The molecule has 17 heteroatoms. The lowest BCUT2D eigenvalue weighted by Gasteiger charge is -2.15. The summed E-state index contributed by atoms with van der Waals surface area (Å²) < 4.78 is 5.87. The third kappa shape index (κ3) is 11.2. The van der Waals surface area contributed by atoms with Gasteiger partial charge in [-0.1, -0.05) is 60.8 Å². The van der Waals surface area contributed by atoms with Crippen LogP contribution in [0.3, 0.4) is 0 Å². The fourth-order valence-corrected chi connectivity index (χ4v) is 8.16. The number of ketones is 1. The highest BCUT2D eigenvalue weighted by atomic mass is 32.2. The van der Waals surface area contributed by atoms with E-state index in [0.29, 0.717) is 26.7 Å². The fourth-order valence-electron chi connectivity index (χ4n) is 6.45. The Bertz CT molecular complexity index is 2920. The number of Topliss-reactive ketones (excluding diaryl/α,β-unsaturated/α-hetero) is 1. The molecule has 1 atom stereocenters. The normalized spacial score (nSPS) is 11.1. The number of carboxylic acid groups (broad SMARTS) is 6. The van der Waals surface area contributed by atoms with Crippen LogP contribution in [-0.4, -0.2) is 77.3 Å². The van der Waals surface area contributed by atoms with Gasteiger partial charge in [-0.15, -0.1) is 0 Å². The molecule has 0 aromatic heterocycles. The third-order valence-corrected chi connectivity index (χ3v) is 11.8. The van der Waals surface area contributed by atoms with Gasteiger partial charge < -0.3 is 40.5 Å². The van der Waals surface area contributed by atoms with Gasteiger partial charge >= 0.3 is 35.8 Å². The van der Waals surface area contributed by atoms with E-state index in [9.17, 15) is 59.1 Å². The van der Waals surface area contributed by atoms with E-state index in [4.69, 9.17) is 14.9 Å². The van der Waals surface area contributed by atoms with Gasteiger partial charge in [-0.25, -0.2) is 28.8 Å². The summed E-state index contributed by atoms with van der Waals surface area (Å²) in [5.74, 6) is -8.12. The Balaban J connectivity index is 0.000000233. The molecule has 7 rings (SSSR count). The second-order valence-electron chi connectivity index (χ2n) is 14.1. The summed E-state index contributed by atoms with van der Waals surface area (Å²) in [6.45, 7) is 1.55. The number of fused-ring (bicyclic) bond motifs is 1. The largest absolute Gasteiger partial charge is 0.507 e. The van der Waals surface area contributed by atoms with Crippen molar-refractivity contribution in [2.24, 2.45) is 0 Å². The topological polar surface area (TPSA) is 270 Å². The molecule has 66 heavy (non-hydrogen) atoms. The molecule has 332 valence electrons. The summed E-state index contributed by atoms with van der Waals surface area (Å²) in [4.78, 5) is 83.5. The number of phenols is 1. The third-order valence-electron chi connectivity index (χ3n) is 9.77. The van der Waals surface area contributed by atoms with E-state index in [-0.39, 0.29) is 50.3 Å². The second-order valence-corrected chi connectivity index (χ2v) is 16.4. The van der Waals surface area contributed by atoms with Crippen LogP contribution in [0.2, 0.25) is 0 Å². The van der Waals surface area contributed by atoms with Gasteiger partial charge in [-0.2, -0.15) is 0 Å². The van der Waals surface area contributed by atoms with E-state index in [1.807, 2.05) is 12.1 Å². The van der Waals surface area contributed by atoms with E-state index < -0.39 is 47.5 Å². The van der Waals surface area contributed by atoms with E-state index in [2.05, 4.69) is 0 Å². The summed E-state index contributed by atoms with van der Waals surface area (Å²) >= 11 is 2.56. The molecule has 7 N–H and O–H groups in total. The summed E-state index contributed by atoms with van der Waals surface area (Å²) in [5.41, 5.74) is -1.20. The minimum Gasteiger partial charge on any atom is -0.507 e. The van der Waals surface area contributed by atoms with Crippen LogP contribution in [0, 0.1) is 0 Å². The quantitative estimate of drug-likeness (QED) is 0.0471. The number of rotatable bonds is 15. The monoisotopic (exact) mass is 926 g/mol. The van der Waals surface area contributed by atoms with Crippen molar-refractivity contribution in [3.05, 3.63) is 184 Å². The van der Waals surface area contributed by atoms with Crippen LogP contribution in [-0.2, 0) is 0 Å². The van der Waals surface area contributed by atoms with Gasteiger partial charge in [0, 0.05) is 30.9 Å². The SMILES string of the molecule is CC(C(=O)c1ccc2ccccc2c1O)c1cc(C(=O)O)cc(C(=O)O)c1.O=C(O)c1ccc(Sc2ccc(Oc3ccc(Sc4ccc(C(=O)O)c(C(=O)O)c4)cc3)cc2)cc1C(=O)O. The Kier molecular flexibility index (Phi) is 14.6. The van der Waals surface area contributed by atoms with Crippen LogP contribution >= 0.6 is 23.5 Å². The van der Waals surface area contributed by atoms with E-state index in [1.165, 1.54) is 66.0 Å². The molecule has 7 aromatic rings. The number of carboxylic acids is 6. The summed E-state index contributed by atoms with van der Waals surface area (Å²) in [6.07, 6.45) is 0. The van der Waals surface area contributed by atoms with Crippen molar-refractivity contribution in [1.29, 1.82) is 0 Å². The number of benzene rings is 7. The van der Waals surface area contributed by atoms with Gasteiger partial charge in [0.2, 0.25) is 0 Å². The first-order chi connectivity index (χ1) is 31.4. The summed E-state index contributed by atoms with van der Waals surface area (Å²) in [7, 11) is 0. The molecule has 1 unspecified atom stereocenters. The molecular formula is C49H34O15S2. The molecule has 0 heterocycles. The maximum absolute atomic E-state index is 12.9. The molecular weight excluding hydrogens is 893 g/mol. The molecule has 0 radical (unpaired) electrons. The molecule has 0 aliphatic heterocycles. The molecule has 0 aliphatic carbocycles. The number of hydrogen-bond donors (Lipinski definition) is 7. The number of aromatic carboxylic acids is 6. The first kappa shape index (κ1) is 47.1. The van der Waals surface area contributed by atoms with Crippen molar-refractivity contribution in [1.82, 2.24) is 0 Å². The van der Waals surface area contributed by atoms with Crippen LogP contribution in [0.5, 0.6) is 17.2 Å².